The predicted octanol–water partition coefficient (Wildman–Crippen LogP) is 12.9. The molecule has 1 N–H and O–H groups in total. The van der Waals surface area contributed by atoms with Gasteiger partial charge in [-0.25, -0.2) is 0 Å². The Balaban J connectivity index is 0.000000593. The van der Waals surface area contributed by atoms with Crippen molar-refractivity contribution >= 4 is 11.8 Å². The average Bonchev–Trinajstić information content (AvgIpc) is 3.21. The number of aliphatic carboxylic acids is 1. The topological polar surface area (TPSA) is 79.3 Å². The number of ketones is 1. The number of likely N-dealkylation sites (N-methyl/N-ethyl adjacent to an activating group) is 2. The van der Waals surface area contributed by atoms with Crippen LogP contribution in [-0.2, 0) is 22.4 Å². The summed E-state index contributed by atoms with van der Waals surface area (Å²) in [5, 5.41) is 8.72. The molecule has 0 aliphatic carbocycles. The normalized spacial score (nSPS) is 11.5. The van der Waals surface area contributed by atoms with E-state index in [0.29, 0.717) is 30.9 Å². The number of hydrogen-bond donors (Lipinski definition) is 1. The molecule has 338 valence electrons. The quantitative estimate of drug-likeness (QED) is 0.0685. The van der Waals surface area contributed by atoms with Crippen molar-refractivity contribution in [2.45, 2.75) is 174 Å². The Morgan fingerprint density at radius 3 is 1.15 bits per heavy atom. The Kier molecular flexibility index (Phi) is 32.6. The zero-order chi connectivity index (χ0) is 43.4. The molecule has 0 bridgehead atoms. The summed E-state index contributed by atoms with van der Waals surface area (Å²) in [6.45, 7) is 9.73. The second-order valence-corrected chi connectivity index (χ2v) is 16.3. The molecule has 0 spiro atoms. The highest BCUT2D eigenvalue weighted by Crippen LogP contribution is 2.21. The number of carbonyl (C=O) groups is 2. The van der Waals surface area contributed by atoms with Crippen molar-refractivity contribution in [3.63, 3.8) is 0 Å². The van der Waals surface area contributed by atoms with Crippen LogP contribution in [-0.4, -0.2) is 86.3 Å². The number of rotatable bonds is 36. The zero-order valence-electron chi connectivity index (χ0n) is 37.4. The van der Waals surface area contributed by atoms with Crippen LogP contribution in [0.25, 0.3) is 0 Å². The number of carboxylic acids is 1. The second kappa shape index (κ2) is 35.6. The number of aryl methyl sites for hydroxylation is 2. The number of nitrogens with zero attached hydrogens (tertiary/aromatic N) is 2. The summed E-state index contributed by atoms with van der Waals surface area (Å²) < 4.78 is 48.2. The number of carbonyl (C=O) groups excluding carboxylic acids is 1. The van der Waals surface area contributed by atoms with E-state index in [0.717, 1.165) is 37.5 Å². The molecule has 2 aromatic carbocycles. The molecule has 0 aliphatic heterocycles. The van der Waals surface area contributed by atoms with E-state index in [9.17, 15) is 22.8 Å². The fourth-order valence-electron chi connectivity index (χ4n) is 6.76. The van der Waals surface area contributed by atoms with Crippen molar-refractivity contribution in [2.24, 2.45) is 0 Å². The average molecular weight is 835 g/mol. The van der Waals surface area contributed by atoms with Crippen LogP contribution in [0.15, 0.2) is 48.5 Å². The van der Waals surface area contributed by atoms with Gasteiger partial charge in [-0.15, -0.1) is 0 Å². The molecule has 10 heteroatoms. The third-order valence-corrected chi connectivity index (χ3v) is 10.7. The first-order chi connectivity index (χ1) is 28.4. The van der Waals surface area contributed by atoms with E-state index in [4.69, 9.17) is 14.6 Å². The molecule has 0 aliphatic rings. The first-order valence-electron chi connectivity index (χ1n) is 23.1. The van der Waals surface area contributed by atoms with Gasteiger partial charge in [0, 0.05) is 25.9 Å². The molecule has 59 heavy (non-hydrogen) atoms. The van der Waals surface area contributed by atoms with Crippen molar-refractivity contribution in [1.82, 2.24) is 9.80 Å². The summed E-state index contributed by atoms with van der Waals surface area (Å²) in [5.41, 5.74) is 1.73. The number of hydrogen-bond acceptors (Lipinski definition) is 6. The molecule has 0 amide bonds. The first-order valence-corrected chi connectivity index (χ1v) is 23.1. The zero-order valence-corrected chi connectivity index (χ0v) is 37.4. The second-order valence-electron chi connectivity index (χ2n) is 16.3. The van der Waals surface area contributed by atoms with E-state index in [2.05, 4.69) is 37.7 Å². The lowest BCUT2D eigenvalue weighted by Gasteiger charge is -2.17. The molecule has 0 saturated carbocycles. The van der Waals surface area contributed by atoms with Crippen LogP contribution < -0.4 is 9.47 Å². The van der Waals surface area contributed by atoms with E-state index in [1.165, 1.54) is 128 Å². The van der Waals surface area contributed by atoms with Crippen molar-refractivity contribution in [3.05, 3.63) is 59.7 Å². The first kappa shape index (κ1) is 53.9. The highest BCUT2D eigenvalue weighted by Gasteiger charge is 2.37. The van der Waals surface area contributed by atoms with E-state index in [-0.39, 0.29) is 12.8 Å². The number of Topliss-reactive ketones (excluding diaryl/α,β-unsaturated/α-hetero) is 1. The molecule has 0 aromatic heterocycles. The number of halogens is 3. The van der Waals surface area contributed by atoms with E-state index in [1.54, 1.807) is 24.3 Å². The number of benzene rings is 2. The molecule has 7 nitrogen and oxygen atoms in total. The summed E-state index contributed by atoms with van der Waals surface area (Å²) in [7, 11) is 4.25. The Morgan fingerprint density at radius 2 is 0.831 bits per heavy atom. The third-order valence-electron chi connectivity index (χ3n) is 10.7. The molecule has 0 atom stereocenters. The van der Waals surface area contributed by atoms with E-state index >= 15 is 0 Å². The van der Waals surface area contributed by atoms with Gasteiger partial charge in [-0.3, -0.25) is 9.59 Å². The number of unbranched alkanes of at least 4 members (excludes halogenated alkanes) is 18. The minimum atomic E-state index is -4.75. The molecular weight excluding hydrogens is 754 g/mol. The monoisotopic (exact) mass is 835 g/mol. The van der Waals surface area contributed by atoms with Crippen molar-refractivity contribution < 1.29 is 37.3 Å². The Bertz CT molecular complexity index is 1290. The van der Waals surface area contributed by atoms with Gasteiger partial charge in [0.2, 0.25) is 5.78 Å². The van der Waals surface area contributed by atoms with Crippen LogP contribution in [0.1, 0.15) is 166 Å². The Morgan fingerprint density at radius 1 is 0.508 bits per heavy atom. The highest BCUT2D eigenvalue weighted by atomic mass is 19.4. The van der Waals surface area contributed by atoms with Crippen molar-refractivity contribution in [2.75, 3.05) is 53.5 Å². The van der Waals surface area contributed by atoms with Gasteiger partial charge >= 0.3 is 12.1 Å². The van der Waals surface area contributed by atoms with Gasteiger partial charge in [0.05, 0.1) is 0 Å². The van der Waals surface area contributed by atoms with Gasteiger partial charge in [-0.1, -0.05) is 154 Å². The van der Waals surface area contributed by atoms with E-state index < -0.39 is 24.3 Å². The van der Waals surface area contributed by atoms with Crippen LogP contribution in [0.4, 0.5) is 13.2 Å². The molecule has 2 rings (SSSR count). The standard InChI is InChI=1S/C25H40F3NO2.C24H41NO3/c1-3-4-5-6-7-8-9-10-11-12-19-29(2)20-21-31-23-16-13-22(14-17-23)15-18-24(30)25(26,27)28;1-3-4-5-6-7-8-9-10-11-12-19-25(2)20-21-28-23-16-13-22(14-17-23)15-18-24(26)27/h13-14,16-17H,3-12,15,18-21H2,1-2H3;13-14,16-17H,3-12,15,18-21H2,1-2H3,(H,26,27). The van der Waals surface area contributed by atoms with Gasteiger partial charge in [0.1, 0.15) is 24.7 Å². The smallest absolute Gasteiger partial charge is 0.449 e. The van der Waals surface area contributed by atoms with Crippen LogP contribution in [0.2, 0.25) is 0 Å². The maximum Gasteiger partial charge on any atom is 0.449 e. The van der Waals surface area contributed by atoms with Gasteiger partial charge in [0.15, 0.2) is 0 Å². The van der Waals surface area contributed by atoms with Gasteiger partial charge in [0.25, 0.3) is 0 Å². The van der Waals surface area contributed by atoms with Crippen LogP contribution in [0.5, 0.6) is 11.5 Å². The predicted molar refractivity (Wildman–Crippen MR) is 238 cm³/mol. The lowest BCUT2D eigenvalue weighted by atomic mass is 10.1. The molecule has 0 saturated heterocycles. The minimum Gasteiger partial charge on any atom is -0.492 e. The lowest BCUT2D eigenvalue weighted by Crippen LogP contribution is -2.25. The fraction of sp³-hybridized carbons (Fsp3) is 0.714. The maximum absolute atomic E-state index is 12.2. The maximum atomic E-state index is 12.2. The largest absolute Gasteiger partial charge is 0.492 e. The number of alkyl halides is 3. The SMILES string of the molecule is CCCCCCCCCCCCN(C)CCOc1ccc(CCC(=O)C(F)(F)F)cc1.CCCCCCCCCCCCN(C)CCOc1ccc(CCC(=O)O)cc1. The Hall–Kier alpha value is -3.11. The lowest BCUT2D eigenvalue weighted by molar-refractivity contribution is -0.171. The van der Waals surface area contributed by atoms with Crippen molar-refractivity contribution in [3.8, 4) is 11.5 Å². The van der Waals surface area contributed by atoms with Crippen LogP contribution in [0, 0.1) is 0 Å². The molecular formula is C49H81F3N2O5. The minimum absolute atomic E-state index is 0.0835. The number of carboxylic acid groups (broad SMARTS) is 1. The summed E-state index contributed by atoms with van der Waals surface area (Å²) in [6, 6.07) is 14.7. The van der Waals surface area contributed by atoms with E-state index in [1.807, 2.05) is 24.3 Å². The fourth-order valence-corrected chi connectivity index (χ4v) is 6.76. The third kappa shape index (κ3) is 32.4. The van der Waals surface area contributed by atoms with Gasteiger partial charge in [-0.05, 0) is 88.3 Å². The molecule has 0 unspecified atom stereocenters. The van der Waals surface area contributed by atoms with Gasteiger partial charge < -0.3 is 24.4 Å². The molecule has 0 radical (unpaired) electrons. The highest BCUT2D eigenvalue weighted by molar-refractivity contribution is 5.84. The summed E-state index contributed by atoms with van der Waals surface area (Å²) >= 11 is 0. The Labute approximate surface area is 356 Å². The number of ether oxygens (including phenoxy) is 2. The van der Waals surface area contributed by atoms with Crippen molar-refractivity contribution in [1.29, 1.82) is 0 Å². The summed E-state index contributed by atoms with van der Waals surface area (Å²) in [6.07, 6.45) is 22.6. The molecule has 2 aromatic rings. The summed E-state index contributed by atoms with van der Waals surface area (Å²) in [4.78, 5) is 26.1. The van der Waals surface area contributed by atoms with Crippen LogP contribution in [0.3, 0.4) is 0 Å². The molecule has 0 heterocycles. The molecule has 0 fully saturated rings. The summed E-state index contributed by atoms with van der Waals surface area (Å²) in [5.74, 6) is -0.895. The van der Waals surface area contributed by atoms with Crippen LogP contribution >= 0.6 is 0 Å². The van der Waals surface area contributed by atoms with Gasteiger partial charge in [-0.2, -0.15) is 13.2 Å².